The fourth-order valence-electron chi connectivity index (χ4n) is 7.88. The summed E-state index contributed by atoms with van der Waals surface area (Å²) in [6.45, 7) is 0. The maximum atomic E-state index is 6.49. The van der Waals surface area contributed by atoms with E-state index in [4.69, 9.17) is 14.4 Å². The van der Waals surface area contributed by atoms with Gasteiger partial charge in [-0.2, -0.15) is 0 Å². The lowest BCUT2D eigenvalue weighted by Gasteiger charge is -2.11. The second-order valence-corrected chi connectivity index (χ2v) is 14.8. The maximum absolute atomic E-state index is 6.49. The number of hydrogen-bond donors (Lipinski definition) is 0. The van der Waals surface area contributed by atoms with Crippen LogP contribution in [0.3, 0.4) is 0 Å². The third-order valence-corrected chi connectivity index (χ3v) is 11.7. The van der Waals surface area contributed by atoms with Crippen molar-refractivity contribution in [3.8, 4) is 56.0 Å². The Morgan fingerprint density at radius 3 is 1.93 bits per heavy atom. The van der Waals surface area contributed by atoms with Crippen LogP contribution in [0.15, 0.2) is 186 Å². The van der Waals surface area contributed by atoms with Crippen LogP contribution in [0, 0.1) is 0 Å². The first-order valence-corrected chi connectivity index (χ1v) is 19.0. The first-order chi connectivity index (χ1) is 26.7. The number of aromatic nitrogens is 2. The fraction of sp³-hybridized carbons (Fsp3) is 0. The molecule has 0 aliphatic rings. The number of nitrogens with zero attached hydrogens (tertiary/aromatic N) is 2. The van der Waals surface area contributed by atoms with Gasteiger partial charge in [0.05, 0.1) is 15.9 Å². The Hall–Kier alpha value is -6.88. The number of benzene rings is 8. The molecule has 0 saturated carbocycles. The lowest BCUT2D eigenvalue weighted by molar-refractivity contribution is 0.669. The zero-order valence-electron chi connectivity index (χ0n) is 29.0. The van der Waals surface area contributed by atoms with Crippen LogP contribution in [0.5, 0.6) is 0 Å². The molecule has 11 rings (SSSR count). The Bertz CT molecular complexity index is 3210. The molecule has 0 spiro atoms. The van der Waals surface area contributed by atoms with E-state index in [1.165, 1.54) is 37.7 Å². The number of hydrogen-bond acceptors (Lipinski definition) is 4. The minimum absolute atomic E-state index is 0.689. The molecule has 0 N–H and O–H groups in total. The Morgan fingerprint density at radius 1 is 0.407 bits per heavy atom. The van der Waals surface area contributed by atoms with Gasteiger partial charge >= 0.3 is 0 Å². The Morgan fingerprint density at radius 2 is 1.07 bits per heavy atom. The van der Waals surface area contributed by atoms with Crippen molar-refractivity contribution in [2.45, 2.75) is 0 Å². The summed E-state index contributed by atoms with van der Waals surface area (Å²) in [7, 11) is 0. The molecule has 11 aromatic rings. The smallest absolute Gasteiger partial charge is 0.161 e. The highest BCUT2D eigenvalue weighted by Crippen LogP contribution is 2.43. The zero-order valence-corrected chi connectivity index (χ0v) is 29.8. The first kappa shape index (κ1) is 30.7. The average molecular weight is 707 g/mol. The molecule has 0 bridgehead atoms. The molecule has 0 fully saturated rings. The summed E-state index contributed by atoms with van der Waals surface area (Å²) in [4.78, 5) is 10.7. The van der Waals surface area contributed by atoms with Crippen LogP contribution in [-0.4, -0.2) is 9.97 Å². The standard InChI is InChI=1S/C50H30N2OS/c1-2-12-33(13-3-1)38-15-6-7-16-39(38)34-24-21-32(22-25-34)36-27-28-43-42(30-36)46-41(18-10-19-44(46)53-43)50-51-47(37-26-23-31-11-4-5-14-35(31)29-37)49-48(52-50)40-17-8-9-20-45(40)54-49/h1-30H. The minimum Gasteiger partial charge on any atom is -0.456 e. The summed E-state index contributed by atoms with van der Waals surface area (Å²) in [5.41, 5.74) is 12.7. The lowest BCUT2D eigenvalue weighted by atomic mass is 9.93. The van der Waals surface area contributed by atoms with Crippen LogP contribution in [-0.2, 0) is 0 Å². The molecule has 0 saturated heterocycles. The molecule has 0 radical (unpaired) electrons. The monoisotopic (exact) mass is 706 g/mol. The highest BCUT2D eigenvalue weighted by Gasteiger charge is 2.20. The SMILES string of the molecule is c1ccc(-c2ccccc2-c2ccc(-c3ccc4oc5cccc(-c6nc(-c7ccc8ccccc8c7)c7sc8ccccc8c7n6)c5c4c3)cc2)cc1. The molecule has 0 amide bonds. The van der Waals surface area contributed by atoms with Gasteiger partial charge in [-0.05, 0) is 74.5 Å². The molecule has 4 heteroatoms. The van der Waals surface area contributed by atoms with E-state index in [1.807, 2.05) is 12.1 Å². The van der Waals surface area contributed by atoms with Crippen molar-refractivity contribution in [3.05, 3.63) is 182 Å². The van der Waals surface area contributed by atoms with Crippen LogP contribution < -0.4 is 0 Å². The van der Waals surface area contributed by atoms with Crippen molar-refractivity contribution in [1.29, 1.82) is 0 Å². The van der Waals surface area contributed by atoms with E-state index in [0.717, 1.165) is 65.5 Å². The second-order valence-electron chi connectivity index (χ2n) is 13.7. The Labute approximate surface area is 315 Å². The highest BCUT2D eigenvalue weighted by atomic mass is 32.1. The van der Waals surface area contributed by atoms with Gasteiger partial charge < -0.3 is 4.42 Å². The van der Waals surface area contributed by atoms with Gasteiger partial charge in [-0.25, -0.2) is 9.97 Å². The highest BCUT2D eigenvalue weighted by molar-refractivity contribution is 7.26. The quantitative estimate of drug-likeness (QED) is 0.179. The number of rotatable bonds is 5. The van der Waals surface area contributed by atoms with Gasteiger partial charge in [-0.15, -0.1) is 11.3 Å². The first-order valence-electron chi connectivity index (χ1n) is 18.1. The summed E-state index contributed by atoms with van der Waals surface area (Å²) >= 11 is 1.76. The summed E-state index contributed by atoms with van der Waals surface area (Å²) in [5, 5.41) is 5.60. The molecule has 3 aromatic heterocycles. The van der Waals surface area contributed by atoms with Gasteiger partial charge in [0.2, 0.25) is 0 Å². The van der Waals surface area contributed by atoms with Crippen LogP contribution in [0.1, 0.15) is 0 Å². The zero-order chi connectivity index (χ0) is 35.6. The molecule has 8 aromatic carbocycles. The summed E-state index contributed by atoms with van der Waals surface area (Å²) in [6.07, 6.45) is 0. The topological polar surface area (TPSA) is 38.9 Å². The maximum Gasteiger partial charge on any atom is 0.161 e. The van der Waals surface area contributed by atoms with Gasteiger partial charge in [0.1, 0.15) is 11.2 Å². The molecule has 252 valence electrons. The van der Waals surface area contributed by atoms with E-state index < -0.39 is 0 Å². The fourth-order valence-corrected chi connectivity index (χ4v) is 9.04. The molecule has 0 atom stereocenters. The van der Waals surface area contributed by atoms with Gasteiger partial charge in [-0.1, -0.05) is 152 Å². The number of fused-ring (bicyclic) bond motifs is 7. The van der Waals surface area contributed by atoms with Crippen molar-refractivity contribution >= 4 is 64.4 Å². The van der Waals surface area contributed by atoms with E-state index in [9.17, 15) is 0 Å². The van der Waals surface area contributed by atoms with Crippen LogP contribution in [0.25, 0.3) is 109 Å². The predicted octanol–water partition coefficient (Wildman–Crippen LogP) is 14.2. The number of thiophene rings is 1. The normalized spacial score (nSPS) is 11.7. The molecular weight excluding hydrogens is 677 g/mol. The summed E-state index contributed by atoms with van der Waals surface area (Å²) < 4.78 is 8.79. The van der Waals surface area contributed by atoms with Gasteiger partial charge in [0.25, 0.3) is 0 Å². The molecule has 3 heterocycles. The third-order valence-electron chi connectivity index (χ3n) is 10.5. The molecular formula is C50H30N2OS. The predicted molar refractivity (Wildman–Crippen MR) is 227 cm³/mol. The van der Waals surface area contributed by atoms with Crippen molar-refractivity contribution < 1.29 is 4.42 Å². The van der Waals surface area contributed by atoms with Crippen molar-refractivity contribution in [3.63, 3.8) is 0 Å². The van der Waals surface area contributed by atoms with Crippen molar-refractivity contribution in [1.82, 2.24) is 9.97 Å². The molecule has 3 nitrogen and oxygen atoms in total. The van der Waals surface area contributed by atoms with E-state index in [0.29, 0.717) is 5.82 Å². The molecule has 0 unspecified atom stereocenters. The minimum atomic E-state index is 0.689. The van der Waals surface area contributed by atoms with E-state index >= 15 is 0 Å². The summed E-state index contributed by atoms with van der Waals surface area (Å²) in [5.74, 6) is 0.689. The second kappa shape index (κ2) is 12.4. The van der Waals surface area contributed by atoms with Gasteiger partial charge in [0.15, 0.2) is 5.82 Å². The van der Waals surface area contributed by atoms with Crippen LogP contribution in [0.4, 0.5) is 0 Å². The van der Waals surface area contributed by atoms with E-state index in [-0.39, 0.29) is 0 Å². The third kappa shape index (κ3) is 5.03. The van der Waals surface area contributed by atoms with Crippen molar-refractivity contribution in [2.24, 2.45) is 0 Å². The van der Waals surface area contributed by atoms with Gasteiger partial charge in [-0.3, -0.25) is 0 Å². The van der Waals surface area contributed by atoms with Crippen LogP contribution in [0.2, 0.25) is 0 Å². The average Bonchev–Trinajstić information content (AvgIpc) is 3.82. The Kier molecular flexibility index (Phi) is 7.04. The molecule has 0 aliphatic carbocycles. The van der Waals surface area contributed by atoms with E-state index in [2.05, 4.69) is 170 Å². The molecule has 0 aliphatic heterocycles. The van der Waals surface area contributed by atoms with E-state index in [1.54, 1.807) is 11.3 Å². The largest absolute Gasteiger partial charge is 0.456 e. The van der Waals surface area contributed by atoms with Crippen LogP contribution >= 0.6 is 11.3 Å². The van der Waals surface area contributed by atoms with Gasteiger partial charge in [0, 0.05) is 32.0 Å². The number of furan rings is 1. The summed E-state index contributed by atoms with van der Waals surface area (Å²) in [6, 6.07) is 64.4. The lowest BCUT2D eigenvalue weighted by Crippen LogP contribution is -1.94. The molecule has 54 heavy (non-hydrogen) atoms. The Balaban J connectivity index is 1.06. The van der Waals surface area contributed by atoms with Crippen molar-refractivity contribution in [2.75, 3.05) is 0 Å².